The second-order valence-corrected chi connectivity index (χ2v) is 2.73. The lowest BCUT2D eigenvalue weighted by atomic mass is 10.4. The van der Waals surface area contributed by atoms with Gasteiger partial charge in [0.1, 0.15) is 5.82 Å². The molecule has 1 heterocycles. The molecular formula is C7H14N4. The molecule has 1 aromatic rings. The van der Waals surface area contributed by atoms with E-state index < -0.39 is 0 Å². The zero-order valence-corrected chi connectivity index (χ0v) is 6.91. The first-order valence-corrected chi connectivity index (χ1v) is 3.67. The number of rotatable bonds is 3. The first-order chi connectivity index (χ1) is 5.18. The number of anilines is 1. The molecule has 0 aliphatic rings. The van der Waals surface area contributed by atoms with Gasteiger partial charge in [0.25, 0.3) is 0 Å². The average Bonchev–Trinajstić information content (AvgIpc) is 2.31. The van der Waals surface area contributed by atoms with Crippen LogP contribution in [0.4, 0.5) is 5.82 Å². The van der Waals surface area contributed by atoms with E-state index in [4.69, 9.17) is 5.73 Å². The Labute approximate surface area is 66.4 Å². The van der Waals surface area contributed by atoms with E-state index >= 15 is 0 Å². The van der Waals surface area contributed by atoms with Crippen molar-refractivity contribution < 1.29 is 0 Å². The van der Waals surface area contributed by atoms with Crippen molar-refractivity contribution >= 4 is 5.82 Å². The monoisotopic (exact) mass is 154 g/mol. The molecule has 0 fully saturated rings. The molecular weight excluding hydrogens is 140 g/mol. The van der Waals surface area contributed by atoms with Crippen molar-refractivity contribution in [1.29, 1.82) is 0 Å². The highest BCUT2D eigenvalue weighted by atomic mass is 15.3. The van der Waals surface area contributed by atoms with E-state index in [-0.39, 0.29) is 6.04 Å². The van der Waals surface area contributed by atoms with Gasteiger partial charge in [-0.25, -0.2) is 0 Å². The molecule has 0 aliphatic carbocycles. The minimum atomic E-state index is 0.164. The van der Waals surface area contributed by atoms with Gasteiger partial charge in [-0.3, -0.25) is 4.68 Å². The summed E-state index contributed by atoms with van der Waals surface area (Å²) in [6, 6.07) is 2.08. The molecule has 0 unspecified atom stereocenters. The highest BCUT2D eigenvalue weighted by Crippen LogP contribution is 1.99. The maximum absolute atomic E-state index is 5.55. The maximum Gasteiger partial charge on any atom is 0.148 e. The lowest BCUT2D eigenvalue weighted by molar-refractivity contribution is 0.750. The van der Waals surface area contributed by atoms with Crippen LogP contribution in [-0.4, -0.2) is 22.4 Å². The third kappa shape index (κ3) is 2.59. The van der Waals surface area contributed by atoms with Crippen LogP contribution >= 0.6 is 0 Å². The summed E-state index contributed by atoms with van der Waals surface area (Å²) in [6.07, 6.45) is 1.89. The van der Waals surface area contributed by atoms with Gasteiger partial charge >= 0.3 is 0 Å². The summed E-state index contributed by atoms with van der Waals surface area (Å²) >= 11 is 0. The first kappa shape index (κ1) is 8.07. The molecule has 11 heavy (non-hydrogen) atoms. The van der Waals surface area contributed by atoms with Gasteiger partial charge in [-0.05, 0) is 6.92 Å². The Balaban J connectivity index is 2.39. The van der Waals surface area contributed by atoms with Gasteiger partial charge in [0.05, 0.1) is 0 Å². The predicted molar refractivity (Wildman–Crippen MR) is 45.3 cm³/mol. The Morgan fingerprint density at radius 1 is 1.82 bits per heavy atom. The van der Waals surface area contributed by atoms with Gasteiger partial charge in [0.2, 0.25) is 0 Å². The van der Waals surface area contributed by atoms with Crippen molar-refractivity contribution in [2.45, 2.75) is 13.0 Å². The summed E-state index contributed by atoms with van der Waals surface area (Å²) in [6.45, 7) is 2.72. The zero-order chi connectivity index (χ0) is 8.27. The number of nitrogens with zero attached hydrogens (tertiary/aromatic N) is 2. The quantitative estimate of drug-likeness (QED) is 0.653. The number of hydrogen-bond donors (Lipinski definition) is 2. The molecule has 0 saturated heterocycles. The number of aryl methyl sites for hydroxylation is 1. The molecule has 3 N–H and O–H groups in total. The van der Waals surface area contributed by atoms with Gasteiger partial charge in [0, 0.05) is 31.9 Å². The highest BCUT2D eigenvalue weighted by Gasteiger charge is 1.96. The molecule has 62 valence electrons. The fourth-order valence-electron chi connectivity index (χ4n) is 0.775. The topological polar surface area (TPSA) is 55.9 Å². The maximum atomic E-state index is 5.55. The highest BCUT2D eigenvalue weighted by molar-refractivity contribution is 5.31. The van der Waals surface area contributed by atoms with Crippen molar-refractivity contribution in [3.8, 4) is 0 Å². The van der Waals surface area contributed by atoms with E-state index in [0.29, 0.717) is 0 Å². The van der Waals surface area contributed by atoms with Gasteiger partial charge in [-0.2, -0.15) is 5.10 Å². The largest absolute Gasteiger partial charge is 0.367 e. The normalized spacial score (nSPS) is 13.0. The second kappa shape index (κ2) is 3.39. The molecule has 4 nitrogen and oxygen atoms in total. The zero-order valence-electron chi connectivity index (χ0n) is 6.91. The molecule has 0 radical (unpaired) electrons. The van der Waals surface area contributed by atoms with E-state index in [1.165, 1.54) is 0 Å². The van der Waals surface area contributed by atoms with Crippen LogP contribution in [0.5, 0.6) is 0 Å². The van der Waals surface area contributed by atoms with E-state index in [0.717, 1.165) is 12.4 Å². The summed E-state index contributed by atoms with van der Waals surface area (Å²) in [4.78, 5) is 0. The Morgan fingerprint density at radius 3 is 3.00 bits per heavy atom. The number of nitrogens with two attached hydrogens (primary N) is 1. The van der Waals surface area contributed by atoms with Crippen molar-refractivity contribution in [3.05, 3.63) is 12.3 Å². The lowest BCUT2D eigenvalue weighted by Crippen LogP contribution is -2.25. The summed E-state index contributed by atoms with van der Waals surface area (Å²) in [7, 11) is 1.89. The first-order valence-electron chi connectivity index (χ1n) is 3.67. The molecule has 0 bridgehead atoms. The van der Waals surface area contributed by atoms with Gasteiger partial charge in [0.15, 0.2) is 0 Å². The molecule has 0 aliphatic heterocycles. The van der Waals surface area contributed by atoms with Gasteiger partial charge < -0.3 is 11.1 Å². The molecule has 0 saturated carbocycles. The van der Waals surface area contributed by atoms with Crippen LogP contribution in [0.15, 0.2) is 12.3 Å². The number of aromatic nitrogens is 2. The van der Waals surface area contributed by atoms with E-state index in [1.807, 2.05) is 26.2 Å². The Hall–Kier alpha value is -1.03. The van der Waals surface area contributed by atoms with Crippen LogP contribution in [0.25, 0.3) is 0 Å². The van der Waals surface area contributed by atoms with E-state index in [2.05, 4.69) is 10.4 Å². The Kier molecular flexibility index (Phi) is 2.48. The van der Waals surface area contributed by atoms with E-state index in [9.17, 15) is 0 Å². The van der Waals surface area contributed by atoms with Crippen LogP contribution in [0.1, 0.15) is 6.92 Å². The van der Waals surface area contributed by atoms with Crippen LogP contribution in [0.3, 0.4) is 0 Å². The number of nitrogens with one attached hydrogen (secondary N) is 1. The smallest absolute Gasteiger partial charge is 0.148 e. The summed E-state index contributed by atoms with van der Waals surface area (Å²) in [5.41, 5.74) is 5.55. The summed E-state index contributed by atoms with van der Waals surface area (Å²) < 4.78 is 1.75. The minimum absolute atomic E-state index is 0.164. The van der Waals surface area contributed by atoms with Crippen molar-refractivity contribution in [2.75, 3.05) is 11.9 Å². The molecule has 1 aromatic heterocycles. The van der Waals surface area contributed by atoms with Crippen LogP contribution < -0.4 is 11.1 Å². The minimum Gasteiger partial charge on any atom is -0.367 e. The van der Waals surface area contributed by atoms with Crippen molar-refractivity contribution in [2.24, 2.45) is 12.8 Å². The third-order valence-corrected chi connectivity index (χ3v) is 1.32. The second-order valence-electron chi connectivity index (χ2n) is 2.73. The summed E-state index contributed by atoms with van der Waals surface area (Å²) in [5, 5.41) is 7.24. The SMILES string of the molecule is C[C@H](N)CNc1ccn(C)n1. The van der Waals surface area contributed by atoms with Gasteiger partial charge in [-0.15, -0.1) is 0 Å². The molecule has 0 amide bonds. The predicted octanol–water partition coefficient (Wildman–Crippen LogP) is 0.179. The molecule has 0 aromatic carbocycles. The molecule has 1 rings (SSSR count). The molecule has 0 spiro atoms. The van der Waals surface area contributed by atoms with E-state index in [1.54, 1.807) is 4.68 Å². The van der Waals surface area contributed by atoms with Crippen molar-refractivity contribution in [1.82, 2.24) is 9.78 Å². The van der Waals surface area contributed by atoms with Crippen LogP contribution in [0.2, 0.25) is 0 Å². The standard InChI is InChI=1S/C7H14N4/c1-6(8)5-9-7-3-4-11(2)10-7/h3-4,6H,5,8H2,1-2H3,(H,9,10)/t6-/m0/s1. The average molecular weight is 154 g/mol. The van der Waals surface area contributed by atoms with Gasteiger partial charge in [-0.1, -0.05) is 0 Å². The summed E-state index contributed by atoms with van der Waals surface area (Å²) in [5.74, 6) is 0.879. The fourth-order valence-corrected chi connectivity index (χ4v) is 0.775. The van der Waals surface area contributed by atoms with Crippen LogP contribution in [0, 0.1) is 0 Å². The fraction of sp³-hybridized carbons (Fsp3) is 0.571. The Morgan fingerprint density at radius 2 is 2.55 bits per heavy atom. The molecule has 4 heteroatoms. The third-order valence-electron chi connectivity index (χ3n) is 1.32. The number of hydrogen-bond acceptors (Lipinski definition) is 3. The Bertz CT molecular complexity index is 216. The van der Waals surface area contributed by atoms with Crippen LogP contribution in [-0.2, 0) is 7.05 Å². The molecule has 1 atom stereocenters. The van der Waals surface area contributed by atoms with Crippen molar-refractivity contribution in [3.63, 3.8) is 0 Å². The lowest BCUT2D eigenvalue weighted by Gasteiger charge is -2.04.